The normalized spacial score (nSPS) is 11.9. The smallest absolute Gasteiger partial charge is 0.125 e. The first-order valence-electron chi connectivity index (χ1n) is 5.12. The maximum absolute atomic E-state index is 9.54. The topological polar surface area (TPSA) is 53.2 Å². The van der Waals surface area contributed by atoms with Crippen molar-refractivity contribution in [2.24, 2.45) is 0 Å². The van der Waals surface area contributed by atoms with Crippen molar-refractivity contribution in [3.05, 3.63) is 28.8 Å². The van der Waals surface area contributed by atoms with Crippen molar-refractivity contribution in [2.45, 2.75) is 25.9 Å². The summed E-state index contributed by atoms with van der Waals surface area (Å²) in [5.41, 5.74) is 0.671. The van der Waals surface area contributed by atoms with Crippen molar-refractivity contribution < 1.29 is 9.84 Å². The zero-order valence-corrected chi connectivity index (χ0v) is 9.87. The van der Waals surface area contributed by atoms with E-state index >= 15 is 0 Å². The minimum atomic E-state index is -0.621. The molecule has 1 atom stereocenters. The third-order valence-electron chi connectivity index (χ3n) is 2.11. The van der Waals surface area contributed by atoms with Crippen LogP contribution >= 0.6 is 11.6 Å². The number of nitrogens with zero attached hydrogens (tertiary/aromatic N) is 1. The molecular formula is C12H14ClNO2. The van der Waals surface area contributed by atoms with Gasteiger partial charge in [0.15, 0.2) is 0 Å². The van der Waals surface area contributed by atoms with Crippen LogP contribution in [0.2, 0.25) is 5.02 Å². The maximum Gasteiger partial charge on any atom is 0.125 e. The van der Waals surface area contributed by atoms with Gasteiger partial charge < -0.3 is 9.84 Å². The Balaban J connectivity index is 2.68. The number of aliphatic hydroxyl groups is 1. The highest BCUT2D eigenvalue weighted by molar-refractivity contribution is 6.30. The zero-order valence-electron chi connectivity index (χ0n) is 9.11. The van der Waals surface area contributed by atoms with Gasteiger partial charge in [0.1, 0.15) is 5.75 Å². The fraction of sp³-hybridized carbons (Fsp3) is 0.417. The zero-order chi connectivity index (χ0) is 12.0. The van der Waals surface area contributed by atoms with E-state index in [4.69, 9.17) is 21.6 Å². The molecule has 1 aromatic carbocycles. The van der Waals surface area contributed by atoms with E-state index in [1.807, 2.05) is 6.07 Å². The number of hydrogen-bond acceptors (Lipinski definition) is 3. The van der Waals surface area contributed by atoms with Crippen LogP contribution < -0.4 is 4.74 Å². The average molecular weight is 240 g/mol. The molecule has 1 N–H and O–H groups in total. The predicted octanol–water partition coefficient (Wildman–Crippen LogP) is 3.08. The van der Waals surface area contributed by atoms with Gasteiger partial charge in [0.25, 0.3) is 0 Å². The first kappa shape index (κ1) is 12.8. The van der Waals surface area contributed by atoms with Crippen LogP contribution in [0, 0.1) is 11.3 Å². The molecule has 1 rings (SSSR count). The molecule has 0 amide bonds. The van der Waals surface area contributed by atoms with Crippen LogP contribution in [-0.4, -0.2) is 11.7 Å². The molecule has 0 unspecified atom stereocenters. The summed E-state index contributed by atoms with van der Waals surface area (Å²) in [7, 11) is 0. The average Bonchev–Trinajstić information content (AvgIpc) is 2.26. The molecule has 0 saturated carbocycles. The van der Waals surface area contributed by atoms with E-state index < -0.39 is 6.10 Å². The van der Waals surface area contributed by atoms with Gasteiger partial charge in [-0.1, -0.05) is 11.6 Å². The molecule has 0 bridgehead atoms. The molecule has 0 aliphatic heterocycles. The molecule has 1 aromatic rings. The number of unbranched alkanes of at least 4 members (excludes halogenated alkanes) is 1. The Kier molecular flexibility index (Phi) is 5.10. The first-order valence-corrected chi connectivity index (χ1v) is 5.50. The van der Waals surface area contributed by atoms with Crippen molar-refractivity contribution in [3.63, 3.8) is 0 Å². The van der Waals surface area contributed by atoms with Gasteiger partial charge >= 0.3 is 0 Å². The summed E-state index contributed by atoms with van der Waals surface area (Å²) in [4.78, 5) is 0. The minimum absolute atomic E-state index is 0.467. The van der Waals surface area contributed by atoms with E-state index in [2.05, 4.69) is 0 Å². The van der Waals surface area contributed by atoms with E-state index in [-0.39, 0.29) is 0 Å². The lowest BCUT2D eigenvalue weighted by Gasteiger charge is -2.13. The van der Waals surface area contributed by atoms with Crippen LogP contribution in [0.3, 0.4) is 0 Å². The van der Waals surface area contributed by atoms with Crippen molar-refractivity contribution in [1.82, 2.24) is 0 Å². The summed E-state index contributed by atoms with van der Waals surface area (Å²) >= 11 is 5.83. The second kappa shape index (κ2) is 6.37. The Labute approximate surface area is 100 Å². The molecule has 0 aliphatic rings. The van der Waals surface area contributed by atoms with E-state index in [1.54, 1.807) is 25.1 Å². The number of ether oxygens (including phenoxy) is 1. The SMILES string of the molecule is C[C@@H](O)c1cc(Cl)ccc1OCCCC#N. The fourth-order valence-corrected chi connectivity index (χ4v) is 1.49. The quantitative estimate of drug-likeness (QED) is 0.804. The Morgan fingerprint density at radius 2 is 2.31 bits per heavy atom. The fourth-order valence-electron chi connectivity index (χ4n) is 1.31. The molecule has 0 spiro atoms. The molecule has 4 heteroatoms. The van der Waals surface area contributed by atoms with Crippen molar-refractivity contribution in [2.75, 3.05) is 6.61 Å². The molecule has 3 nitrogen and oxygen atoms in total. The van der Waals surface area contributed by atoms with Gasteiger partial charge in [0.05, 0.1) is 18.8 Å². The number of rotatable bonds is 5. The molecule has 0 aliphatic carbocycles. The van der Waals surface area contributed by atoms with Gasteiger partial charge in [-0.25, -0.2) is 0 Å². The third kappa shape index (κ3) is 3.73. The Morgan fingerprint density at radius 1 is 1.56 bits per heavy atom. The molecule has 0 saturated heterocycles. The van der Waals surface area contributed by atoms with Gasteiger partial charge in [0, 0.05) is 17.0 Å². The molecule has 0 fully saturated rings. The van der Waals surface area contributed by atoms with Crippen LogP contribution in [0.4, 0.5) is 0 Å². The maximum atomic E-state index is 9.54. The van der Waals surface area contributed by atoms with Gasteiger partial charge in [-0.3, -0.25) is 0 Å². The summed E-state index contributed by atoms with van der Waals surface area (Å²) in [6, 6.07) is 7.18. The number of hydrogen-bond donors (Lipinski definition) is 1. The van der Waals surface area contributed by atoms with E-state index in [9.17, 15) is 5.11 Å². The monoisotopic (exact) mass is 239 g/mol. The van der Waals surface area contributed by atoms with Crippen molar-refractivity contribution in [3.8, 4) is 11.8 Å². The molecule has 0 radical (unpaired) electrons. The lowest BCUT2D eigenvalue weighted by molar-refractivity contribution is 0.191. The standard InChI is InChI=1S/C12H14ClNO2/c1-9(15)11-8-10(13)4-5-12(11)16-7-3-2-6-14/h4-5,8-9,15H,2-3,7H2,1H3/t9-/m1/s1. The van der Waals surface area contributed by atoms with Gasteiger partial charge in [-0.05, 0) is 31.5 Å². The summed E-state index contributed by atoms with van der Waals surface area (Å²) < 4.78 is 5.49. The third-order valence-corrected chi connectivity index (χ3v) is 2.35. The Bertz CT molecular complexity index is 385. The highest BCUT2D eigenvalue weighted by Gasteiger charge is 2.09. The van der Waals surface area contributed by atoms with Gasteiger partial charge in [-0.2, -0.15) is 5.26 Å². The second-order valence-corrected chi connectivity index (χ2v) is 3.90. The van der Waals surface area contributed by atoms with Crippen LogP contribution in [0.25, 0.3) is 0 Å². The number of aliphatic hydroxyl groups excluding tert-OH is 1. The van der Waals surface area contributed by atoms with E-state index in [1.165, 1.54) is 0 Å². The lowest BCUT2D eigenvalue weighted by atomic mass is 10.1. The van der Waals surface area contributed by atoms with Crippen LogP contribution in [0.1, 0.15) is 31.4 Å². The van der Waals surface area contributed by atoms with Gasteiger partial charge in [0.2, 0.25) is 0 Å². The van der Waals surface area contributed by atoms with Gasteiger partial charge in [-0.15, -0.1) is 0 Å². The number of halogens is 1. The Hall–Kier alpha value is -1.24. The minimum Gasteiger partial charge on any atom is -0.493 e. The number of benzene rings is 1. The molecular weight excluding hydrogens is 226 g/mol. The van der Waals surface area contributed by atoms with Crippen LogP contribution in [0.5, 0.6) is 5.75 Å². The van der Waals surface area contributed by atoms with Crippen LogP contribution in [-0.2, 0) is 0 Å². The highest BCUT2D eigenvalue weighted by Crippen LogP contribution is 2.28. The molecule has 0 heterocycles. The molecule has 86 valence electrons. The van der Waals surface area contributed by atoms with E-state index in [0.29, 0.717) is 35.8 Å². The second-order valence-electron chi connectivity index (χ2n) is 3.47. The Morgan fingerprint density at radius 3 is 2.94 bits per heavy atom. The summed E-state index contributed by atoms with van der Waals surface area (Å²) in [6.45, 7) is 2.13. The highest BCUT2D eigenvalue weighted by atomic mass is 35.5. The molecule has 0 aromatic heterocycles. The largest absolute Gasteiger partial charge is 0.493 e. The van der Waals surface area contributed by atoms with Crippen molar-refractivity contribution >= 4 is 11.6 Å². The summed E-state index contributed by atoms with van der Waals surface area (Å²) in [5, 5.41) is 18.5. The van der Waals surface area contributed by atoms with E-state index in [0.717, 1.165) is 0 Å². The summed E-state index contributed by atoms with van der Waals surface area (Å²) in [6.07, 6.45) is 0.528. The summed E-state index contributed by atoms with van der Waals surface area (Å²) in [5.74, 6) is 0.623. The lowest BCUT2D eigenvalue weighted by Crippen LogP contribution is -2.02. The molecule has 16 heavy (non-hydrogen) atoms. The number of nitriles is 1. The van der Waals surface area contributed by atoms with Crippen LogP contribution in [0.15, 0.2) is 18.2 Å². The van der Waals surface area contributed by atoms with Crippen molar-refractivity contribution in [1.29, 1.82) is 5.26 Å². The first-order chi connectivity index (χ1) is 7.65. The predicted molar refractivity (Wildman–Crippen MR) is 62.4 cm³/mol.